The van der Waals surface area contributed by atoms with Crippen LogP contribution in [0.1, 0.15) is 27.7 Å². The van der Waals surface area contributed by atoms with E-state index in [1.54, 1.807) is 0 Å². The first kappa shape index (κ1) is 22.8. The molecular formula is C16H26N2O9. The van der Waals surface area contributed by atoms with Crippen molar-refractivity contribution in [1.29, 1.82) is 0 Å². The van der Waals surface area contributed by atoms with E-state index in [0.717, 1.165) is 0 Å². The molecule has 1 rings (SSSR count). The summed E-state index contributed by atoms with van der Waals surface area (Å²) in [5.74, 6) is -2.53. The highest BCUT2D eigenvalue weighted by molar-refractivity contribution is 5.68. The third kappa shape index (κ3) is 7.49. The van der Waals surface area contributed by atoms with E-state index in [1.165, 1.54) is 27.7 Å². The number of carbonyl (C=O) groups is 4. The van der Waals surface area contributed by atoms with Gasteiger partial charge in [-0.15, -0.1) is 0 Å². The standard InChI is InChI=1S/C16H26N2O9/c1-8(19)23-7-12-14(24-9(2)20)15(25-10(3)21)13(18-6-5-17)16(27-12)26-11(4)22/h12-16,18H,5-7,17H2,1-4H3/t12?,13?,14-,15+,16-/m1/s1. The van der Waals surface area contributed by atoms with Crippen LogP contribution in [-0.2, 0) is 42.9 Å². The van der Waals surface area contributed by atoms with Crippen molar-refractivity contribution < 1.29 is 42.9 Å². The average molecular weight is 390 g/mol. The molecule has 1 heterocycles. The molecule has 0 saturated carbocycles. The van der Waals surface area contributed by atoms with Gasteiger partial charge in [0.1, 0.15) is 18.8 Å². The molecule has 154 valence electrons. The lowest BCUT2D eigenvalue weighted by Gasteiger charge is -2.44. The van der Waals surface area contributed by atoms with Gasteiger partial charge in [0, 0.05) is 40.8 Å². The topological polar surface area (TPSA) is 152 Å². The Morgan fingerprint density at radius 2 is 1.44 bits per heavy atom. The lowest BCUT2D eigenvalue weighted by molar-refractivity contribution is -0.271. The predicted octanol–water partition coefficient (Wildman–Crippen LogP) is -1.38. The van der Waals surface area contributed by atoms with Gasteiger partial charge in [0.05, 0.1) is 0 Å². The van der Waals surface area contributed by atoms with Gasteiger partial charge in [-0.05, 0) is 0 Å². The third-order valence-electron chi connectivity index (χ3n) is 3.51. The molecule has 0 aromatic carbocycles. The molecular weight excluding hydrogens is 364 g/mol. The smallest absolute Gasteiger partial charge is 0.304 e. The summed E-state index contributed by atoms with van der Waals surface area (Å²) in [5, 5.41) is 2.97. The zero-order valence-electron chi connectivity index (χ0n) is 15.8. The van der Waals surface area contributed by atoms with Crippen molar-refractivity contribution in [3.8, 4) is 0 Å². The zero-order valence-corrected chi connectivity index (χ0v) is 15.8. The van der Waals surface area contributed by atoms with Crippen molar-refractivity contribution >= 4 is 23.9 Å². The molecule has 0 bridgehead atoms. The Hall–Kier alpha value is -2.24. The van der Waals surface area contributed by atoms with Gasteiger partial charge >= 0.3 is 23.9 Å². The molecule has 2 unspecified atom stereocenters. The van der Waals surface area contributed by atoms with E-state index in [9.17, 15) is 19.2 Å². The number of nitrogens with two attached hydrogens (primary N) is 1. The van der Waals surface area contributed by atoms with Crippen LogP contribution < -0.4 is 11.1 Å². The Kier molecular flexibility index (Phi) is 9.12. The lowest BCUT2D eigenvalue weighted by atomic mass is 9.96. The maximum atomic E-state index is 11.6. The minimum atomic E-state index is -1.19. The number of hydrogen-bond donors (Lipinski definition) is 2. The van der Waals surface area contributed by atoms with Crippen molar-refractivity contribution in [2.45, 2.75) is 58.3 Å². The fourth-order valence-electron chi connectivity index (χ4n) is 2.63. The Labute approximate surface area is 156 Å². The van der Waals surface area contributed by atoms with Crippen LogP contribution in [0.25, 0.3) is 0 Å². The maximum absolute atomic E-state index is 11.6. The molecule has 3 N–H and O–H groups in total. The van der Waals surface area contributed by atoms with E-state index in [-0.39, 0.29) is 19.7 Å². The van der Waals surface area contributed by atoms with Crippen LogP contribution in [-0.4, -0.2) is 74.2 Å². The van der Waals surface area contributed by atoms with E-state index < -0.39 is 54.5 Å². The summed E-state index contributed by atoms with van der Waals surface area (Å²) in [6.45, 7) is 4.96. The molecule has 1 aliphatic heterocycles. The number of carbonyl (C=O) groups excluding carboxylic acids is 4. The normalized spacial score (nSPS) is 27.4. The van der Waals surface area contributed by atoms with Crippen LogP contribution >= 0.6 is 0 Å². The number of hydrogen-bond acceptors (Lipinski definition) is 11. The first-order valence-corrected chi connectivity index (χ1v) is 8.39. The van der Waals surface area contributed by atoms with Crippen LogP contribution in [0.2, 0.25) is 0 Å². The highest BCUT2D eigenvalue weighted by Crippen LogP contribution is 2.27. The number of rotatable bonds is 8. The fraction of sp³-hybridized carbons (Fsp3) is 0.750. The summed E-state index contributed by atoms with van der Waals surface area (Å²) in [5.41, 5.74) is 5.50. The van der Waals surface area contributed by atoms with Crippen LogP contribution in [0.3, 0.4) is 0 Å². The Balaban J connectivity index is 3.22. The van der Waals surface area contributed by atoms with Crippen LogP contribution in [0.5, 0.6) is 0 Å². The SMILES string of the molecule is CC(=O)OCC1O[C@@H](OC(C)=O)C(NCCN)[C@H](OC(C)=O)[C@@H]1OC(C)=O. The van der Waals surface area contributed by atoms with E-state index >= 15 is 0 Å². The monoisotopic (exact) mass is 390 g/mol. The lowest BCUT2D eigenvalue weighted by Crippen LogP contribution is -2.66. The Morgan fingerprint density at radius 3 is 1.93 bits per heavy atom. The van der Waals surface area contributed by atoms with E-state index in [1.807, 2.05) is 0 Å². The second kappa shape index (κ2) is 10.8. The molecule has 1 saturated heterocycles. The minimum absolute atomic E-state index is 0.241. The van der Waals surface area contributed by atoms with E-state index in [2.05, 4.69) is 5.32 Å². The highest BCUT2D eigenvalue weighted by Gasteiger charge is 2.51. The molecule has 1 fully saturated rings. The molecule has 1 aliphatic rings. The molecule has 0 spiro atoms. The molecule has 27 heavy (non-hydrogen) atoms. The van der Waals surface area contributed by atoms with Crippen molar-refractivity contribution in [2.24, 2.45) is 5.73 Å². The summed E-state index contributed by atoms with van der Waals surface area (Å²) in [4.78, 5) is 45.8. The van der Waals surface area contributed by atoms with Crippen molar-refractivity contribution in [2.75, 3.05) is 19.7 Å². The summed E-state index contributed by atoms with van der Waals surface area (Å²) in [6.07, 6.45) is -4.39. The molecule has 0 aromatic heterocycles. The van der Waals surface area contributed by atoms with Gasteiger partial charge in [-0.3, -0.25) is 19.2 Å². The molecule has 5 atom stereocenters. The van der Waals surface area contributed by atoms with Gasteiger partial charge in [-0.25, -0.2) is 0 Å². The molecule has 11 heteroatoms. The minimum Gasteiger partial charge on any atom is -0.463 e. The molecule has 11 nitrogen and oxygen atoms in total. The van der Waals surface area contributed by atoms with Gasteiger partial charge in [-0.1, -0.05) is 0 Å². The van der Waals surface area contributed by atoms with Gasteiger partial charge in [0.15, 0.2) is 12.2 Å². The summed E-state index contributed by atoms with van der Waals surface area (Å²) >= 11 is 0. The predicted molar refractivity (Wildman–Crippen MR) is 89.0 cm³/mol. The van der Waals surface area contributed by atoms with Crippen molar-refractivity contribution in [1.82, 2.24) is 5.32 Å². The maximum Gasteiger partial charge on any atom is 0.304 e. The largest absolute Gasteiger partial charge is 0.463 e. The first-order valence-electron chi connectivity index (χ1n) is 8.39. The summed E-state index contributed by atoms with van der Waals surface area (Å²) in [7, 11) is 0. The van der Waals surface area contributed by atoms with E-state index in [0.29, 0.717) is 0 Å². The first-order chi connectivity index (χ1) is 12.6. The van der Waals surface area contributed by atoms with E-state index in [4.69, 9.17) is 29.4 Å². The van der Waals surface area contributed by atoms with Crippen LogP contribution in [0, 0.1) is 0 Å². The van der Waals surface area contributed by atoms with Crippen LogP contribution in [0.4, 0.5) is 0 Å². The number of esters is 4. The molecule has 0 aliphatic carbocycles. The quantitative estimate of drug-likeness (QED) is 0.372. The van der Waals surface area contributed by atoms with Gasteiger partial charge in [0.2, 0.25) is 6.29 Å². The number of ether oxygens (including phenoxy) is 5. The molecule has 0 aromatic rings. The van der Waals surface area contributed by atoms with Gasteiger partial charge in [-0.2, -0.15) is 0 Å². The average Bonchev–Trinajstić information content (AvgIpc) is 2.53. The molecule has 0 amide bonds. The highest BCUT2D eigenvalue weighted by atomic mass is 16.7. The summed E-state index contributed by atoms with van der Waals surface area (Å²) < 4.78 is 26.4. The van der Waals surface area contributed by atoms with Crippen LogP contribution in [0.15, 0.2) is 0 Å². The number of nitrogens with one attached hydrogen (secondary N) is 1. The van der Waals surface area contributed by atoms with Crippen molar-refractivity contribution in [3.05, 3.63) is 0 Å². The summed E-state index contributed by atoms with van der Waals surface area (Å²) in [6, 6.07) is -0.862. The second-order valence-electron chi connectivity index (χ2n) is 5.87. The van der Waals surface area contributed by atoms with Gasteiger partial charge < -0.3 is 34.7 Å². The Bertz CT molecular complexity index is 554. The van der Waals surface area contributed by atoms with Gasteiger partial charge in [0.25, 0.3) is 0 Å². The fourth-order valence-corrected chi connectivity index (χ4v) is 2.63. The second-order valence-corrected chi connectivity index (χ2v) is 5.87. The third-order valence-corrected chi connectivity index (χ3v) is 3.51. The Morgan fingerprint density at radius 1 is 0.889 bits per heavy atom. The molecule has 0 radical (unpaired) electrons. The van der Waals surface area contributed by atoms with Crippen molar-refractivity contribution in [3.63, 3.8) is 0 Å². The zero-order chi connectivity index (χ0) is 20.6.